The molecule has 0 atom stereocenters. The van der Waals surface area contributed by atoms with E-state index in [2.05, 4.69) is 11.9 Å². The SMILES string of the molecule is CCCc1cc(CO)cc(Oc2cccc(C)c2)n1. The Hall–Kier alpha value is -1.87. The molecule has 0 spiro atoms. The lowest BCUT2D eigenvalue weighted by atomic mass is 10.2. The second-order valence-corrected chi connectivity index (χ2v) is 4.63. The Morgan fingerprint density at radius 3 is 2.74 bits per heavy atom. The van der Waals surface area contributed by atoms with Crippen molar-refractivity contribution in [2.45, 2.75) is 33.3 Å². The van der Waals surface area contributed by atoms with E-state index in [-0.39, 0.29) is 6.61 Å². The predicted octanol–water partition coefficient (Wildman–Crippen LogP) is 3.63. The molecule has 0 fully saturated rings. The molecule has 2 aromatic rings. The zero-order valence-electron chi connectivity index (χ0n) is 11.4. The van der Waals surface area contributed by atoms with Crippen molar-refractivity contribution in [2.24, 2.45) is 0 Å². The Kier molecular flexibility index (Phi) is 4.53. The number of hydrogen-bond acceptors (Lipinski definition) is 3. The summed E-state index contributed by atoms with van der Waals surface area (Å²) in [6.07, 6.45) is 1.91. The van der Waals surface area contributed by atoms with Crippen molar-refractivity contribution >= 4 is 0 Å². The van der Waals surface area contributed by atoms with Crippen LogP contribution in [0.4, 0.5) is 0 Å². The number of aromatic nitrogens is 1. The van der Waals surface area contributed by atoms with Crippen LogP contribution in [0.25, 0.3) is 0 Å². The Bertz CT molecular complexity index is 552. The molecule has 1 heterocycles. The van der Waals surface area contributed by atoms with Gasteiger partial charge in [0.2, 0.25) is 5.88 Å². The van der Waals surface area contributed by atoms with Crippen LogP contribution in [0.2, 0.25) is 0 Å². The fraction of sp³-hybridized carbons (Fsp3) is 0.312. The van der Waals surface area contributed by atoms with Crippen LogP contribution in [0.1, 0.15) is 30.2 Å². The molecule has 19 heavy (non-hydrogen) atoms. The number of rotatable bonds is 5. The molecule has 0 saturated heterocycles. The number of benzene rings is 1. The Labute approximate surface area is 113 Å². The van der Waals surface area contributed by atoms with Crippen molar-refractivity contribution in [1.82, 2.24) is 4.98 Å². The minimum Gasteiger partial charge on any atom is -0.439 e. The van der Waals surface area contributed by atoms with Gasteiger partial charge in [-0.3, -0.25) is 0 Å². The smallest absolute Gasteiger partial charge is 0.219 e. The molecule has 0 aliphatic rings. The van der Waals surface area contributed by atoms with Crippen LogP contribution in [0.3, 0.4) is 0 Å². The summed E-state index contributed by atoms with van der Waals surface area (Å²) in [6.45, 7) is 4.13. The van der Waals surface area contributed by atoms with Crippen molar-refractivity contribution in [3.05, 3.63) is 53.2 Å². The summed E-state index contributed by atoms with van der Waals surface area (Å²) in [5.41, 5.74) is 2.93. The molecular weight excluding hydrogens is 238 g/mol. The summed E-state index contributed by atoms with van der Waals surface area (Å²) in [5.74, 6) is 1.31. The third kappa shape index (κ3) is 3.80. The van der Waals surface area contributed by atoms with Crippen molar-refractivity contribution < 1.29 is 9.84 Å². The van der Waals surface area contributed by atoms with E-state index >= 15 is 0 Å². The van der Waals surface area contributed by atoms with Gasteiger partial charge in [0.25, 0.3) is 0 Å². The topological polar surface area (TPSA) is 42.4 Å². The number of aliphatic hydroxyl groups is 1. The molecule has 1 aromatic carbocycles. The van der Waals surface area contributed by atoms with Gasteiger partial charge in [-0.05, 0) is 42.7 Å². The summed E-state index contributed by atoms with van der Waals surface area (Å²) in [4.78, 5) is 4.46. The first-order chi connectivity index (χ1) is 9.21. The van der Waals surface area contributed by atoms with E-state index in [0.29, 0.717) is 5.88 Å². The highest BCUT2D eigenvalue weighted by molar-refractivity contribution is 5.33. The lowest BCUT2D eigenvalue weighted by Crippen LogP contribution is -1.97. The molecule has 0 saturated carbocycles. The molecule has 0 bridgehead atoms. The van der Waals surface area contributed by atoms with Gasteiger partial charge in [0.05, 0.1) is 6.61 Å². The maximum absolute atomic E-state index is 9.28. The minimum atomic E-state index is 0.00338. The second kappa shape index (κ2) is 6.34. The number of hydrogen-bond donors (Lipinski definition) is 1. The second-order valence-electron chi connectivity index (χ2n) is 4.63. The number of pyridine rings is 1. The largest absolute Gasteiger partial charge is 0.439 e. The van der Waals surface area contributed by atoms with E-state index in [1.807, 2.05) is 37.3 Å². The average molecular weight is 257 g/mol. The minimum absolute atomic E-state index is 0.00338. The molecule has 2 rings (SSSR count). The fourth-order valence-corrected chi connectivity index (χ4v) is 1.95. The molecule has 0 radical (unpaired) electrons. The van der Waals surface area contributed by atoms with Crippen LogP contribution >= 0.6 is 0 Å². The zero-order chi connectivity index (χ0) is 13.7. The maximum Gasteiger partial charge on any atom is 0.219 e. The van der Waals surface area contributed by atoms with Gasteiger partial charge in [-0.15, -0.1) is 0 Å². The highest BCUT2D eigenvalue weighted by Crippen LogP contribution is 2.22. The van der Waals surface area contributed by atoms with Crippen molar-refractivity contribution in [1.29, 1.82) is 0 Å². The van der Waals surface area contributed by atoms with Gasteiger partial charge < -0.3 is 9.84 Å². The summed E-state index contributed by atoms with van der Waals surface area (Å²) in [6, 6.07) is 11.5. The first-order valence-electron chi connectivity index (χ1n) is 6.56. The summed E-state index contributed by atoms with van der Waals surface area (Å²) >= 11 is 0. The fourth-order valence-electron chi connectivity index (χ4n) is 1.95. The number of ether oxygens (including phenoxy) is 1. The van der Waals surface area contributed by atoms with Crippen LogP contribution < -0.4 is 4.74 Å². The van der Waals surface area contributed by atoms with Gasteiger partial charge in [-0.2, -0.15) is 0 Å². The Balaban J connectivity index is 2.26. The van der Waals surface area contributed by atoms with Crippen molar-refractivity contribution in [2.75, 3.05) is 0 Å². The first kappa shape index (κ1) is 13.6. The third-order valence-electron chi connectivity index (χ3n) is 2.82. The van der Waals surface area contributed by atoms with Gasteiger partial charge in [-0.25, -0.2) is 4.98 Å². The Morgan fingerprint density at radius 1 is 1.21 bits per heavy atom. The molecule has 0 amide bonds. The summed E-state index contributed by atoms with van der Waals surface area (Å²) in [7, 11) is 0. The van der Waals surface area contributed by atoms with Gasteiger partial charge in [-0.1, -0.05) is 25.5 Å². The van der Waals surface area contributed by atoms with Gasteiger partial charge >= 0.3 is 0 Å². The molecule has 1 aromatic heterocycles. The van der Waals surface area contributed by atoms with Gasteiger partial charge in [0.1, 0.15) is 5.75 Å². The number of aryl methyl sites for hydroxylation is 2. The molecule has 0 unspecified atom stereocenters. The van der Waals surface area contributed by atoms with Crippen LogP contribution in [0.15, 0.2) is 36.4 Å². The van der Waals surface area contributed by atoms with E-state index < -0.39 is 0 Å². The van der Waals surface area contributed by atoms with E-state index in [1.54, 1.807) is 6.07 Å². The molecule has 100 valence electrons. The maximum atomic E-state index is 9.28. The number of nitrogens with zero attached hydrogens (tertiary/aromatic N) is 1. The van der Waals surface area contributed by atoms with Crippen molar-refractivity contribution in [3.8, 4) is 11.6 Å². The zero-order valence-corrected chi connectivity index (χ0v) is 11.4. The molecule has 0 aliphatic heterocycles. The molecule has 3 heteroatoms. The van der Waals surface area contributed by atoms with E-state index in [0.717, 1.165) is 35.4 Å². The van der Waals surface area contributed by atoms with Crippen LogP contribution in [0.5, 0.6) is 11.6 Å². The summed E-state index contributed by atoms with van der Waals surface area (Å²) < 4.78 is 5.77. The van der Waals surface area contributed by atoms with Crippen LogP contribution in [0, 0.1) is 6.92 Å². The van der Waals surface area contributed by atoms with E-state index in [9.17, 15) is 5.11 Å². The van der Waals surface area contributed by atoms with Crippen LogP contribution in [-0.4, -0.2) is 10.1 Å². The Morgan fingerprint density at radius 2 is 2.05 bits per heavy atom. The third-order valence-corrected chi connectivity index (χ3v) is 2.82. The lowest BCUT2D eigenvalue weighted by Gasteiger charge is -2.09. The summed E-state index contributed by atoms with van der Waals surface area (Å²) in [5, 5.41) is 9.28. The van der Waals surface area contributed by atoms with Gasteiger partial charge in [0.15, 0.2) is 0 Å². The van der Waals surface area contributed by atoms with E-state index in [4.69, 9.17) is 4.74 Å². The molecular formula is C16H19NO2. The van der Waals surface area contributed by atoms with Crippen molar-refractivity contribution in [3.63, 3.8) is 0 Å². The monoisotopic (exact) mass is 257 g/mol. The van der Waals surface area contributed by atoms with E-state index in [1.165, 1.54) is 0 Å². The predicted molar refractivity (Wildman–Crippen MR) is 75.4 cm³/mol. The highest BCUT2D eigenvalue weighted by Gasteiger charge is 2.04. The standard InChI is InChI=1S/C16H19NO2/c1-3-5-14-9-13(11-18)10-16(17-14)19-15-7-4-6-12(2)8-15/h4,6-10,18H,3,5,11H2,1-2H3. The van der Waals surface area contributed by atoms with Crippen LogP contribution in [-0.2, 0) is 13.0 Å². The molecule has 3 nitrogen and oxygen atoms in total. The molecule has 1 N–H and O–H groups in total. The highest BCUT2D eigenvalue weighted by atomic mass is 16.5. The van der Waals surface area contributed by atoms with Gasteiger partial charge in [0, 0.05) is 11.8 Å². The average Bonchev–Trinajstić information content (AvgIpc) is 2.39. The molecule has 0 aliphatic carbocycles. The normalized spacial score (nSPS) is 10.5. The lowest BCUT2D eigenvalue weighted by molar-refractivity contribution is 0.280. The first-order valence-corrected chi connectivity index (χ1v) is 6.56. The number of aliphatic hydroxyl groups excluding tert-OH is 1. The quantitative estimate of drug-likeness (QED) is 0.889.